The molecule has 2 aromatic rings. The summed E-state index contributed by atoms with van der Waals surface area (Å²) >= 11 is 0. The number of benzene rings is 1. The van der Waals surface area contributed by atoms with Crippen LogP contribution in [0.5, 0.6) is 0 Å². The Morgan fingerprint density at radius 1 is 1.00 bits per heavy atom. The number of ether oxygens (including phenoxy) is 2. The minimum absolute atomic E-state index is 0.0899. The van der Waals surface area contributed by atoms with E-state index in [1.807, 2.05) is 0 Å². The van der Waals surface area contributed by atoms with Crippen LogP contribution in [0.4, 0.5) is 10.5 Å². The van der Waals surface area contributed by atoms with E-state index in [0.717, 1.165) is 0 Å². The average molecular weight is 332 g/mol. The Hall–Kier alpha value is -2.50. The number of nitrogen functional groups attached to an aromatic ring is 1. The van der Waals surface area contributed by atoms with E-state index < -0.39 is 23.3 Å². The fourth-order valence-corrected chi connectivity index (χ4v) is 2.24. The van der Waals surface area contributed by atoms with Crippen molar-refractivity contribution in [3.63, 3.8) is 0 Å². The molecule has 0 aliphatic rings. The van der Waals surface area contributed by atoms with Gasteiger partial charge in [-0.15, -0.1) is 0 Å². The number of hydrogen-bond acceptors (Lipinski definition) is 5. The van der Waals surface area contributed by atoms with Gasteiger partial charge >= 0.3 is 12.1 Å². The summed E-state index contributed by atoms with van der Waals surface area (Å²) in [5.41, 5.74) is 5.66. The highest BCUT2D eigenvalue weighted by Crippen LogP contribution is 2.27. The third kappa shape index (κ3) is 3.88. The van der Waals surface area contributed by atoms with Crippen LogP contribution < -0.4 is 5.73 Å². The summed E-state index contributed by atoms with van der Waals surface area (Å²) in [6.07, 6.45) is -0.649. The van der Waals surface area contributed by atoms with Crippen LogP contribution >= 0.6 is 0 Å². The topological polar surface area (TPSA) is 83.5 Å². The number of aromatic nitrogens is 1. The molecule has 0 fully saturated rings. The molecule has 0 aliphatic heterocycles. The predicted molar refractivity (Wildman–Crippen MR) is 93.2 cm³/mol. The summed E-state index contributed by atoms with van der Waals surface area (Å²) in [6.45, 7) is 10.6. The highest BCUT2D eigenvalue weighted by atomic mass is 16.6. The van der Waals surface area contributed by atoms with E-state index in [2.05, 4.69) is 0 Å². The molecule has 2 N–H and O–H groups in total. The number of carbonyl (C=O) groups is 2. The Kier molecular flexibility index (Phi) is 4.35. The first-order valence-electron chi connectivity index (χ1n) is 7.76. The molecule has 0 unspecified atom stereocenters. The van der Waals surface area contributed by atoms with Crippen molar-refractivity contribution in [1.29, 1.82) is 0 Å². The third-order valence-corrected chi connectivity index (χ3v) is 3.06. The van der Waals surface area contributed by atoms with Crippen LogP contribution in [0, 0.1) is 0 Å². The largest absolute Gasteiger partial charge is 0.455 e. The standard InChI is InChI=1S/C18H24N2O4/c1-17(2,3)23-15(21)14-10-11-12(19)8-7-9-13(11)20(14)16(22)24-18(4,5)6/h7-10H,19H2,1-6H3. The van der Waals surface area contributed by atoms with Crippen molar-refractivity contribution in [3.8, 4) is 0 Å². The van der Waals surface area contributed by atoms with E-state index in [4.69, 9.17) is 15.2 Å². The van der Waals surface area contributed by atoms with Gasteiger partial charge in [-0.2, -0.15) is 0 Å². The number of hydrogen-bond donors (Lipinski definition) is 1. The molecule has 2 rings (SSSR count). The van der Waals surface area contributed by atoms with Crippen LogP contribution in [-0.4, -0.2) is 27.8 Å². The van der Waals surface area contributed by atoms with Crippen molar-refractivity contribution < 1.29 is 19.1 Å². The number of rotatable bonds is 1. The molecule has 0 bridgehead atoms. The normalized spacial score (nSPS) is 12.2. The van der Waals surface area contributed by atoms with Crippen LogP contribution in [0.25, 0.3) is 10.9 Å². The van der Waals surface area contributed by atoms with Gasteiger partial charge in [0.15, 0.2) is 0 Å². The van der Waals surface area contributed by atoms with Crippen molar-refractivity contribution in [2.24, 2.45) is 0 Å². The lowest BCUT2D eigenvalue weighted by molar-refractivity contribution is 0.00501. The quantitative estimate of drug-likeness (QED) is 0.631. The summed E-state index contributed by atoms with van der Waals surface area (Å²) in [5, 5.41) is 0.601. The fourth-order valence-electron chi connectivity index (χ4n) is 2.24. The number of nitrogens with two attached hydrogens (primary N) is 1. The summed E-state index contributed by atoms with van der Waals surface area (Å²) in [5.74, 6) is -0.607. The predicted octanol–water partition coefficient (Wildman–Crippen LogP) is 3.96. The molecule has 0 saturated carbocycles. The summed E-state index contributed by atoms with van der Waals surface area (Å²) in [7, 11) is 0. The first-order chi connectivity index (χ1) is 10.9. The number of nitrogens with zero attached hydrogens (tertiary/aromatic N) is 1. The van der Waals surface area contributed by atoms with Gasteiger partial charge in [0.2, 0.25) is 0 Å². The number of anilines is 1. The maximum absolute atomic E-state index is 12.6. The van der Waals surface area contributed by atoms with Gasteiger partial charge in [-0.05, 0) is 59.7 Å². The van der Waals surface area contributed by atoms with E-state index in [1.54, 1.807) is 65.8 Å². The van der Waals surface area contributed by atoms with E-state index in [9.17, 15) is 9.59 Å². The van der Waals surface area contributed by atoms with Crippen LogP contribution in [0.3, 0.4) is 0 Å². The van der Waals surface area contributed by atoms with Gasteiger partial charge in [0, 0.05) is 11.1 Å². The lowest BCUT2D eigenvalue weighted by Crippen LogP contribution is -2.31. The lowest BCUT2D eigenvalue weighted by Gasteiger charge is -2.22. The molecule has 0 amide bonds. The van der Waals surface area contributed by atoms with Gasteiger partial charge in [0.05, 0.1) is 5.52 Å². The molecule has 24 heavy (non-hydrogen) atoms. The van der Waals surface area contributed by atoms with Crippen LogP contribution in [0.1, 0.15) is 52.0 Å². The molecule has 0 radical (unpaired) electrons. The van der Waals surface area contributed by atoms with Gasteiger partial charge in [-0.1, -0.05) is 6.07 Å². The van der Waals surface area contributed by atoms with Crippen LogP contribution in [-0.2, 0) is 9.47 Å². The zero-order valence-electron chi connectivity index (χ0n) is 15.0. The number of esters is 1. The monoisotopic (exact) mass is 332 g/mol. The minimum atomic E-state index is -0.695. The van der Waals surface area contributed by atoms with Gasteiger partial charge < -0.3 is 15.2 Å². The first kappa shape index (κ1) is 17.8. The van der Waals surface area contributed by atoms with Gasteiger partial charge in [-0.25, -0.2) is 14.2 Å². The van der Waals surface area contributed by atoms with Crippen molar-refractivity contribution in [2.45, 2.75) is 52.7 Å². The zero-order valence-corrected chi connectivity index (χ0v) is 15.0. The van der Waals surface area contributed by atoms with Gasteiger partial charge in [0.25, 0.3) is 0 Å². The molecular formula is C18H24N2O4. The second kappa shape index (κ2) is 5.85. The second-order valence-electron chi connectivity index (χ2n) is 7.63. The van der Waals surface area contributed by atoms with E-state index in [-0.39, 0.29) is 5.69 Å². The van der Waals surface area contributed by atoms with Crippen LogP contribution in [0.2, 0.25) is 0 Å². The van der Waals surface area contributed by atoms with Gasteiger partial charge in [0.1, 0.15) is 16.9 Å². The molecule has 0 spiro atoms. The van der Waals surface area contributed by atoms with E-state index in [1.165, 1.54) is 4.57 Å². The summed E-state index contributed by atoms with van der Waals surface area (Å²) in [4.78, 5) is 25.2. The maximum Gasteiger partial charge on any atom is 0.419 e. The second-order valence-corrected chi connectivity index (χ2v) is 7.63. The average Bonchev–Trinajstić information content (AvgIpc) is 2.75. The highest BCUT2D eigenvalue weighted by Gasteiger charge is 2.28. The Morgan fingerprint density at radius 3 is 2.12 bits per heavy atom. The van der Waals surface area contributed by atoms with Crippen molar-refractivity contribution in [1.82, 2.24) is 4.57 Å². The molecule has 1 aromatic heterocycles. The molecule has 1 aromatic carbocycles. The Labute approximate surface area is 141 Å². The molecule has 0 aliphatic carbocycles. The third-order valence-electron chi connectivity index (χ3n) is 3.06. The molecule has 1 heterocycles. The lowest BCUT2D eigenvalue weighted by atomic mass is 10.2. The number of carbonyl (C=O) groups excluding carboxylic acids is 2. The van der Waals surface area contributed by atoms with E-state index in [0.29, 0.717) is 16.6 Å². The van der Waals surface area contributed by atoms with Crippen molar-refractivity contribution in [2.75, 3.05) is 5.73 Å². The van der Waals surface area contributed by atoms with Gasteiger partial charge in [-0.3, -0.25) is 0 Å². The highest BCUT2D eigenvalue weighted by molar-refractivity contribution is 6.05. The SMILES string of the molecule is CC(C)(C)OC(=O)c1cc2c(N)cccc2n1C(=O)OC(C)(C)C. The minimum Gasteiger partial charge on any atom is -0.455 e. The number of fused-ring (bicyclic) bond motifs is 1. The zero-order chi connectivity index (χ0) is 18.3. The molecule has 130 valence electrons. The Balaban J connectivity index is 2.61. The summed E-state index contributed by atoms with van der Waals surface area (Å²) in [6, 6.07) is 6.70. The molecule has 0 atom stereocenters. The Bertz CT molecular complexity index is 792. The fraction of sp³-hybridized carbons (Fsp3) is 0.444. The molecule has 0 saturated heterocycles. The van der Waals surface area contributed by atoms with Crippen molar-refractivity contribution in [3.05, 3.63) is 30.0 Å². The molecular weight excluding hydrogens is 308 g/mol. The van der Waals surface area contributed by atoms with Crippen molar-refractivity contribution >= 4 is 28.7 Å². The molecule has 6 heteroatoms. The summed E-state index contributed by atoms with van der Waals surface area (Å²) < 4.78 is 12.0. The smallest absolute Gasteiger partial charge is 0.419 e. The maximum atomic E-state index is 12.6. The van der Waals surface area contributed by atoms with Crippen LogP contribution in [0.15, 0.2) is 24.3 Å². The first-order valence-corrected chi connectivity index (χ1v) is 7.76. The molecule has 6 nitrogen and oxygen atoms in total. The van der Waals surface area contributed by atoms with E-state index >= 15 is 0 Å². The Morgan fingerprint density at radius 2 is 1.58 bits per heavy atom.